The third-order valence-electron chi connectivity index (χ3n) is 12.6. The minimum absolute atomic E-state index is 0.0936. The molecule has 6 bridgehead atoms. The Morgan fingerprint density at radius 3 is 2.58 bits per heavy atom. The molecule has 1 aromatic carbocycles. The molecule has 4 atom stereocenters. The van der Waals surface area contributed by atoms with Crippen molar-refractivity contribution in [2.75, 3.05) is 40.9 Å². The van der Waals surface area contributed by atoms with Crippen LogP contribution in [0, 0.1) is 11.3 Å². The first-order valence-corrected chi connectivity index (χ1v) is 23.5. The molecule has 6 heterocycles. The number of fused-ring (bicyclic) bond motifs is 6. The van der Waals surface area contributed by atoms with Gasteiger partial charge in [0.25, 0.3) is 5.91 Å². The molecule has 1 unspecified atom stereocenters. The Morgan fingerprint density at radius 2 is 1.86 bits per heavy atom. The highest BCUT2D eigenvalue weighted by atomic mass is 32.1. The summed E-state index contributed by atoms with van der Waals surface area (Å²) in [7, 11) is 5.02. The Labute approximate surface area is 385 Å². The number of nitrogens with one attached hydrogen (secondary N) is 2. The van der Waals surface area contributed by atoms with Crippen LogP contribution in [0.4, 0.5) is 4.79 Å². The number of pyridine rings is 2. The number of carbonyl (C=O) groups is 4. The molecule has 16 heteroatoms. The van der Waals surface area contributed by atoms with Crippen molar-refractivity contribution in [3.8, 4) is 22.5 Å². The van der Waals surface area contributed by atoms with Crippen LogP contribution in [0.3, 0.4) is 0 Å². The quantitative estimate of drug-likeness (QED) is 0.134. The molecule has 65 heavy (non-hydrogen) atoms. The summed E-state index contributed by atoms with van der Waals surface area (Å²) in [5.74, 6) is -1.60. The van der Waals surface area contributed by atoms with Crippen molar-refractivity contribution in [3.63, 3.8) is 0 Å². The smallest absolute Gasteiger partial charge is 0.324 e. The lowest BCUT2D eigenvalue weighted by Crippen LogP contribution is -2.62. The average Bonchev–Trinajstić information content (AvgIpc) is 3.90. The van der Waals surface area contributed by atoms with Crippen LogP contribution >= 0.6 is 11.3 Å². The zero-order chi connectivity index (χ0) is 46.6. The minimum atomic E-state index is -1.06. The number of nitrogens with zero attached hydrogens (tertiary/aromatic N) is 7. The number of urea groups is 1. The number of hydrazine groups is 1. The van der Waals surface area contributed by atoms with Gasteiger partial charge < -0.3 is 29.2 Å². The number of aryl methyl sites for hydroxylation is 1. The topological polar surface area (TPSA) is 164 Å². The van der Waals surface area contributed by atoms with E-state index in [1.54, 1.807) is 44.7 Å². The standard InChI is InChI=1S/C49H63N9O6S/c1-10-57-40-16-15-33-25-35(40)36(44(57)34-13-11-20-51-42(34)31(4)63-9)27-49(5,6)29-64-47(61)37-14-12-23-58(54-37)46(60)38(26-41-52-39(33)28-65-41)53-45(59)43(30(2)3)56(8)48(62)55(7)24-19-32-17-21-50-22-18-32/h11,13,15-18,20-22,25,28,30-31,37-38,43,54H,10,12,14,19,23-24,26-27,29H2,1-9H3,(H,53,59)/t31-,37-,38-,43?/m0/s1. The molecule has 2 N–H and O–H groups in total. The number of esters is 1. The Morgan fingerprint density at radius 1 is 1.09 bits per heavy atom. The largest absolute Gasteiger partial charge is 0.464 e. The lowest BCUT2D eigenvalue weighted by atomic mass is 9.84. The molecule has 346 valence electrons. The maximum Gasteiger partial charge on any atom is 0.324 e. The summed E-state index contributed by atoms with van der Waals surface area (Å²) < 4.78 is 14.2. The van der Waals surface area contributed by atoms with Gasteiger partial charge in [0.15, 0.2) is 0 Å². The molecule has 2 aliphatic rings. The van der Waals surface area contributed by atoms with Crippen LogP contribution in [0.25, 0.3) is 33.4 Å². The summed E-state index contributed by atoms with van der Waals surface area (Å²) in [5.41, 5.74) is 10.4. The molecule has 1 saturated heterocycles. The number of methoxy groups -OCH3 is 1. The second-order valence-electron chi connectivity index (χ2n) is 18.4. The van der Waals surface area contributed by atoms with Gasteiger partial charge in [0.2, 0.25) is 5.91 Å². The molecule has 0 radical (unpaired) electrons. The SMILES string of the molecule is CCn1c(-c2cccnc2[C@H](C)OC)c2c3cc(ccc31)-c1csc(n1)C[C@H](NC(=O)C(C(C)C)N(C)C(=O)N(C)CCc1ccncc1)C(=O)N1CCC[C@H](N1)C(=O)OCC(C)(C)C2. The number of amides is 4. The number of ether oxygens (including phenoxy) is 2. The number of rotatable bonds is 11. The molecule has 15 nitrogen and oxygen atoms in total. The van der Waals surface area contributed by atoms with Gasteiger partial charge in [-0.2, -0.15) is 0 Å². The second-order valence-corrected chi connectivity index (χ2v) is 19.3. The van der Waals surface area contributed by atoms with E-state index in [4.69, 9.17) is 19.4 Å². The lowest BCUT2D eigenvalue weighted by molar-refractivity contribution is -0.155. The predicted octanol–water partition coefficient (Wildman–Crippen LogP) is 6.85. The van der Waals surface area contributed by atoms with Gasteiger partial charge in [-0.15, -0.1) is 11.3 Å². The molecular weight excluding hydrogens is 843 g/mol. The van der Waals surface area contributed by atoms with E-state index in [0.717, 1.165) is 50.2 Å². The predicted molar refractivity (Wildman–Crippen MR) is 252 cm³/mol. The van der Waals surface area contributed by atoms with Crippen molar-refractivity contribution in [2.24, 2.45) is 11.3 Å². The van der Waals surface area contributed by atoms with Crippen LogP contribution in [-0.4, -0.2) is 117 Å². The molecule has 0 spiro atoms. The first-order chi connectivity index (χ1) is 31.1. The van der Waals surface area contributed by atoms with Crippen molar-refractivity contribution in [2.45, 2.75) is 104 Å². The Hall–Kier alpha value is -5.71. The minimum Gasteiger partial charge on any atom is -0.464 e. The van der Waals surface area contributed by atoms with Gasteiger partial charge in [0, 0.05) is 98.7 Å². The molecule has 1 fully saturated rings. The van der Waals surface area contributed by atoms with Crippen molar-refractivity contribution < 1.29 is 28.7 Å². The molecule has 7 rings (SSSR count). The average molecular weight is 906 g/mol. The monoisotopic (exact) mass is 905 g/mol. The number of cyclic esters (lactones) is 1. The van der Waals surface area contributed by atoms with E-state index >= 15 is 0 Å². The summed E-state index contributed by atoms with van der Waals surface area (Å²) in [6.07, 6.45) is 7.31. The van der Waals surface area contributed by atoms with Gasteiger partial charge in [-0.3, -0.25) is 29.4 Å². The summed E-state index contributed by atoms with van der Waals surface area (Å²) in [6, 6.07) is 11.2. The Kier molecular flexibility index (Phi) is 14.7. The number of aromatic nitrogens is 4. The third-order valence-corrected chi connectivity index (χ3v) is 13.5. The Bertz CT molecular complexity index is 2500. The number of likely N-dealkylation sites (N-methyl/N-ethyl adjacent to an activating group) is 2. The second kappa shape index (κ2) is 20.2. The van der Waals surface area contributed by atoms with Gasteiger partial charge >= 0.3 is 12.0 Å². The van der Waals surface area contributed by atoms with Gasteiger partial charge in [0.05, 0.1) is 34.8 Å². The van der Waals surface area contributed by atoms with E-state index in [0.29, 0.717) is 50.3 Å². The molecule has 0 aliphatic carbocycles. The number of thiazole rings is 1. The van der Waals surface area contributed by atoms with Crippen LogP contribution in [-0.2, 0) is 49.7 Å². The lowest BCUT2D eigenvalue weighted by Gasteiger charge is -2.37. The van der Waals surface area contributed by atoms with Crippen molar-refractivity contribution in [1.82, 2.24) is 45.1 Å². The van der Waals surface area contributed by atoms with E-state index in [1.807, 2.05) is 44.4 Å². The van der Waals surface area contributed by atoms with E-state index in [2.05, 4.69) is 65.3 Å². The molecule has 5 aromatic rings. The van der Waals surface area contributed by atoms with Crippen molar-refractivity contribution in [3.05, 3.63) is 88.3 Å². The Balaban J connectivity index is 1.25. The van der Waals surface area contributed by atoms with Crippen molar-refractivity contribution in [1.29, 1.82) is 0 Å². The van der Waals surface area contributed by atoms with Gasteiger partial charge in [0.1, 0.15) is 18.1 Å². The highest BCUT2D eigenvalue weighted by Crippen LogP contribution is 2.42. The van der Waals surface area contributed by atoms with Gasteiger partial charge in [-0.25, -0.2) is 15.2 Å². The zero-order valence-corrected chi connectivity index (χ0v) is 39.9. The highest BCUT2D eigenvalue weighted by molar-refractivity contribution is 7.10. The van der Waals surface area contributed by atoms with E-state index in [9.17, 15) is 19.2 Å². The van der Waals surface area contributed by atoms with Crippen LogP contribution in [0.1, 0.15) is 82.3 Å². The fraction of sp³-hybridized carbons (Fsp3) is 0.490. The first kappa shape index (κ1) is 47.3. The van der Waals surface area contributed by atoms with Crippen LogP contribution < -0.4 is 10.7 Å². The fourth-order valence-corrected chi connectivity index (χ4v) is 9.93. The summed E-state index contributed by atoms with van der Waals surface area (Å²) >= 11 is 1.42. The van der Waals surface area contributed by atoms with Crippen molar-refractivity contribution >= 4 is 46.1 Å². The molecule has 0 saturated carbocycles. The summed E-state index contributed by atoms with van der Waals surface area (Å²) in [5, 5.41) is 8.16. The van der Waals surface area contributed by atoms with E-state index < -0.39 is 41.3 Å². The maximum absolute atomic E-state index is 14.6. The van der Waals surface area contributed by atoms with Crippen LogP contribution in [0.2, 0.25) is 0 Å². The number of hydrogen-bond donors (Lipinski definition) is 2. The fourth-order valence-electron chi connectivity index (χ4n) is 9.08. The molecule has 4 aromatic heterocycles. The van der Waals surface area contributed by atoms with E-state index in [1.165, 1.54) is 21.2 Å². The first-order valence-electron chi connectivity index (χ1n) is 22.6. The summed E-state index contributed by atoms with van der Waals surface area (Å²) in [4.78, 5) is 73.7. The van der Waals surface area contributed by atoms with E-state index in [-0.39, 0.29) is 31.1 Å². The molecular formula is C49H63N9O6S. The number of benzene rings is 1. The van der Waals surface area contributed by atoms with Crippen LogP contribution in [0.15, 0.2) is 66.4 Å². The number of hydrogen-bond acceptors (Lipinski definition) is 11. The third kappa shape index (κ3) is 10.4. The molecule has 4 amide bonds. The van der Waals surface area contributed by atoms with Gasteiger partial charge in [-0.1, -0.05) is 33.8 Å². The normalized spacial score (nSPS) is 18.8. The highest BCUT2D eigenvalue weighted by Gasteiger charge is 2.38. The molecule has 2 aliphatic heterocycles. The van der Waals surface area contributed by atoms with Gasteiger partial charge in [-0.05, 0) is 93.0 Å². The zero-order valence-electron chi connectivity index (χ0n) is 39.1. The summed E-state index contributed by atoms with van der Waals surface area (Å²) in [6.45, 7) is 13.7. The maximum atomic E-state index is 14.6. The van der Waals surface area contributed by atoms with Crippen LogP contribution in [0.5, 0.6) is 0 Å². The number of carbonyl (C=O) groups excluding carboxylic acids is 4.